The van der Waals surface area contributed by atoms with Gasteiger partial charge in [-0.2, -0.15) is 0 Å². The Labute approximate surface area is 80.7 Å². The Morgan fingerprint density at radius 2 is 1.92 bits per heavy atom. The molecular weight excluding hydrogens is 164 g/mol. The molecule has 1 fully saturated rings. The van der Waals surface area contributed by atoms with E-state index in [4.69, 9.17) is 0 Å². The third-order valence-electron chi connectivity index (χ3n) is 2.36. The molecule has 0 aromatic rings. The van der Waals surface area contributed by atoms with E-state index >= 15 is 0 Å². The van der Waals surface area contributed by atoms with Crippen molar-refractivity contribution < 1.29 is 4.79 Å². The van der Waals surface area contributed by atoms with Crippen molar-refractivity contribution >= 4 is 5.91 Å². The highest BCUT2D eigenvalue weighted by atomic mass is 16.2. The summed E-state index contributed by atoms with van der Waals surface area (Å²) in [6.07, 6.45) is 0.656. The van der Waals surface area contributed by atoms with Crippen LogP contribution in [0.5, 0.6) is 0 Å². The summed E-state index contributed by atoms with van der Waals surface area (Å²) in [6, 6.07) is 0. The summed E-state index contributed by atoms with van der Waals surface area (Å²) in [6.45, 7) is 7.11. The van der Waals surface area contributed by atoms with E-state index in [0.29, 0.717) is 17.7 Å². The maximum atomic E-state index is 11.5. The second-order valence-electron chi connectivity index (χ2n) is 4.97. The van der Waals surface area contributed by atoms with Gasteiger partial charge in [0, 0.05) is 26.1 Å². The van der Waals surface area contributed by atoms with Crippen LogP contribution in [-0.4, -0.2) is 49.4 Å². The van der Waals surface area contributed by atoms with Crippen LogP contribution in [0.3, 0.4) is 0 Å². The van der Waals surface area contributed by atoms with Crippen molar-refractivity contribution in [3.63, 3.8) is 0 Å². The summed E-state index contributed by atoms with van der Waals surface area (Å²) in [7, 11) is 3.99. The van der Waals surface area contributed by atoms with Crippen LogP contribution in [0.15, 0.2) is 0 Å². The molecule has 1 aliphatic heterocycles. The molecule has 0 N–H and O–H groups in total. The fourth-order valence-corrected chi connectivity index (χ4v) is 1.64. The molecule has 0 saturated carbocycles. The van der Waals surface area contributed by atoms with Crippen molar-refractivity contribution in [2.45, 2.75) is 20.3 Å². The molecule has 1 rings (SSSR count). The maximum Gasteiger partial charge on any atom is 0.223 e. The topological polar surface area (TPSA) is 23.6 Å². The quantitative estimate of drug-likeness (QED) is 0.648. The number of nitrogens with zero attached hydrogens (tertiary/aromatic N) is 2. The zero-order valence-electron chi connectivity index (χ0n) is 9.13. The number of amides is 1. The van der Waals surface area contributed by atoms with Gasteiger partial charge in [-0.15, -0.1) is 0 Å². The van der Waals surface area contributed by atoms with Crippen LogP contribution < -0.4 is 0 Å². The molecule has 0 bridgehead atoms. The summed E-state index contributed by atoms with van der Waals surface area (Å²) < 4.78 is 0. The van der Waals surface area contributed by atoms with Crippen LogP contribution in [0.4, 0.5) is 0 Å². The molecule has 1 saturated heterocycles. The number of likely N-dealkylation sites (tertiary alicyclic amines) is 1. The SMILES string of the molecule is CN(C)CCC(=O)N1CC(C)(C)C1. The summed E-state index contributed by atoms with van der Waals surface area (Å²) >= 11 is 0. The average molecular weight is 184 g/mol. The predicted octanol–water partition coefficient (Wildman–Crippen LogP) is 0.806. The van der Waals surface area contributed by atoms with Gasteiger partial charge in [0.2, 0.25) is 5.91 Å². The lowest BCUT2D eigenvalue weighted by Crippen LogP contribution is -2.55. The molecule has 1 aliphatic rings. The van der Waals surface area contributed by atoms with Gasteiger partial charge >= 0.3 is 0 Å². The van der Waals surface area contributed by atoms with Crippen molar-refractivity contribution in [2.24, 2.45) is 5.41 Å². The van der Waals surface area contributed by atoms with Gasteiger partial charge in [-0.05, 0) is 19.5 Å². The fraction of sp³-hybridized carbons (Fsp3) is 0.900. The first kappa shape index (κ1) is 10.5. The normalized spacial score (nSPS) is 20.2. The van der Waals surface area contributed by atoms with Gasteiger partial charge in [-0.25, -0.2) is 0 Å². The zero-order valence-corrected chi connectivity index (χ0v) is 9.13. The smallest absolute Gasteiger partial charge is 0.223 e. The Balaban J connectivity index is 2.20. The lowest BCUT2D eigenvalue weighted by atomic mass is 9.84. The fourth-order valence-electron chi connectivity index (χ4n) is 1.64. The molecule has 1 amide bonds. The summed E-state index contributed by atoms with van der Waals surface area (Å²) in [5, 5.41) is 0. The van der Waals surface area contributed by atoms with E-state index in [0.717, 1.165) is 19.6 Å². The number of carbonyl (C=O) groups is 1. The maximum absolute atomic E-state index is 11.5. The van der Waals surface area contributed by atoms with Gasteiger partial charge in [0.15, 0.2) is 0 Å². The van der Waals surface area contributed by atoms with E-state index in [-0.39, 0.29) is 0 Å². The van der Waals surface area contributed by atoms with Crippen LogP contribution in [0.25, 0.3) is 0 Å². The van der Waals surface area contributed by atoms with Crippen molar-refractivity contribution in [2.75, 3.05) is 33.7 Å². The lowest BCUT2D eigenvalue weighted by Gasteiger charge is -2.46. The molecule has 0 aromatic carbocycles. The number of hydrogen-bond donors (Lipinski definition) is 0. The Morgan fingerprint density at radius 3 is 2.31 bits per heavy atom. The zero-order chi connectivity index (χ0) is 10.1. The molecule has 3 nitrogen and oxygen atoms in total. The van der Waals surface area contributed by atoms with Crippen LogP contribution in [0.2, 0.25) is 0 Å². The second kappa shape index (κ2) is 3.66. The predicted molar refractivity (Wildman–Crippen MR) is 53.5 cm³/mol. The monoisotopic (exact) mass is 184 g/mol. The molecule has 0 atom stereocenters. The van der Waals surface area contributed by atoms with Crippen LogP contribution >= 0.6 is 0 Å². The summed E-state index contributed by atoms with van der Waals surface area (Å²) in [5.74, 6) is 0.299. The summed E-state index contributed by atoms with van der Waals surface area (Å²) in [5.41, 5.74) is 0.355. The third-order valence-corrected chi connectivity index (χ3v) is 2.36. The molecule has 0 aliphatic carbocycles. The van der Waals surface area contributed by atoms with Crippen molar-refractivity contribution in [3.05, 3.63) is 0 Å². The lowest BCUT2D eigenvalue weighted by molar-refractivity contribution is -0.141. The van der Waals surface area contributed by atoms with Crippen LogP contribution in [0.1, 0.15) is 20.3 Å². The largest absolute Gasteiger partial charge is 0.341 e. The molecule has 0 aromatic heterocycles. The van der Waals surface area contributed by atoms with Gasteiger partial charge in [0.25, 0.3) is 0 Å². The van der Waals surface area contributed by atoms with Gasteiger partial charge in [0.05, 0.1) is 0 Å². The Morgan fingerprint density at radius 1 is 1.38 bits per heavy atom. The molecule has 1 heterocycles. The molecular formula is C10H20N2O. The van der Waals surface area contributed by atoms with Gasteiger partial charge in [-0.1, -0.05) is 13.8 Å². The second-order valence-corrected chi connectivity index (χ2v) is 4.97. The van der Waals surface area contributed by atoms with E-state index in [1.165, 1.54) is 0 Å². The summed E-state index contributed by atoms with van der Waals surface area (Å²) in [4.78, 5) is 15.5. The first-order valence-corrected chi connectivity index (χ1v) is 4.83. The Bertz CT molecular complexity index is 191. The third kappa shape index (κ3) is 2.99. The van der Waals surface area contributed by atoms with E-state index in [1.54, 1.807) is 0 Å². The van der Waals surface area contributed by atoms with E-state index in [9.17, 15) is 4.79 Å². The molecule has 13 heavy (non-hydrogen) atoms. The minimum atomic E-state index is 0.299. The highest BCUT2D eigenvalue weighted by Crippen LogP contribution is 2.28. The van der Waals surface area contributed by atoms with E-state index < -0.39 is 0 Å². The molecule has 76 valence electrons. The molecule has 0 unspecified atom stereocenters. The minimum absolute atomic E-state index is 0.299. The van der Waals surface area contributed by atoms with Crippen LogP contribution in [0, 0.1) is 5.41 Å². The molecule has 0 radical (unpaired) electrons. The Hall–Kier alpha value is -0.570. The van der Waals surface area contributed by atoms with E-state index in [2.05, 4.69) is 13.8 Å². The van der Waals surface area contributed by atoms with Crippen molar-refractivity contribution in [3.8, 4) is 0 Å². The van der Waals surface area contributed by atoms with Crippen molar-refractivity contribution in [1.29, 1.82) is 0 Å². The first-order chi connectivity index (χ1) is 5.91. The van der Waals surface area contributed by atoms with Gasteiger partial charge in [0.1, 0.15) is 0 Å². The number of rotatable bonds is 3. The minimum Gasteiger partial charge on any atom is -0.341 e. The molecule has 0 spiro atoms. The van der Waals surface area contributed by atoms with Crippen molar-refractivity contribution in [1.82, 2.24) is 9.80 Å². The number of carbonyl (C=O) groups excluding carboxylic acids is 1. The number of hydrogen-bond acceptors (Lipinski definition) is 2. The average Bonchev–Trinajstić information content (AvgIpc) is 1.95. The van der Waals surface area contributed by atoms with Crippen LogP contribution in [-0.2, 0) is 4.79 Å². The first-order valence-electron chi connectivity index (χ1n) is 4.83. The Kier molecular flexibility index (Phi) is 2.96. The highest BCUT2D eigenvalue weighted by Gasteiger charge is 2.36. The molecule has 3 heteroatoms. The standard InChI is InChI=1S/C10H20N2O/c1-10(2)7-12(8-10)9(13)5-6-11(3)4/h5-8H2,1-4H3. The highest BCUT2D eigenvalue weighted by molar-refractivity contribution is 5.77. The van der Waals surface area contributed by atoms with Gasteiger partial charge in [-0.3, -0.25) is 4.79 Å². The van der Waals surface area contributed by atoms with E-state index in [1.807, 2.05) is 23.9 Å². The van der Waals surface area contributed by atoms with Gasteiger partial charge < -0.3 is 9.80 Å².